The van der Waals surface area contributed by atoms with Crippen molar-refractivity contribution in [3.63, 3.8) is 0 Å². The van der Waals surface area contributed by atoms with Gasteiger partial charge >= 0.3 is 11.9 Å². The third-order valence-corrected chi connectivity index (χ3v) is 10.3. The van der Waals surface area contributed by atoms with Gasteiger partial charge in [0.25, 0.3) is 0 Å². The minimum atomic E-state index is -1.96. The van der Waals surface area contributed by atoms with E-state index in [2.05, 4.69) is 31.9 Å². The van der Waals surface area contributed by atoms with Crippen molar-refractivity contribution in [1.29, 1.82) is 0 Å². The maximum Gasteiger partial charge on any atom is 0.326 e. The summed E-state index contributed by atoms with van der Waals surface area (Å²) >= 11 is 0. The maximum absolute atomic E-state index is 13.6. The molecule has 0 aromatic heterocycles. The highest BCUT2D eigenvalue weighted by atomic mass is 16.4. The molecule has 17 N–H and O–H groups in total. The van der Waals surface area contributed by atoms with Crippen molar-refractivity contribution in [2.75, 3.05) is 6.61 Å². The van der Waals surface area contributed by atoms with Gasteiger partial charge in [-0.05, 0) is 43.4 Å². The number of nitrogens with one attached hydrogen (secondary N) is 7. The Bertz CT molecular complexity index is 1850. The van der Waals surface area contributed by atoms with Crippen LogP contribution in [0.3, 0.4) is 0 Å². The van der Waals surface area contributed by atoms with Gasteiger partial charge in [0.15, 0.2) is 0 Å². The first-order valence-corrected chi connectivity index (χ1v) is 20.6. The van der Waals surface area contributed by atoms with Gasteiger partial charge in [-0.15, -0.1) is 0 Å². The number of phenols is 1. The minimum Gasteiger partial charge on any atom is -0.508 e. The number of nitrogens with two attached hydrogens (primary N) is 2. The molecule has 0 unspecified atom stereocenters. The fourth-order valence-electron chi connectivity index (χ4n) is 5.97. The molecule has 0 fully saturated rings. The Kier molecular flexibility index (Phi) is 23.5. The van der Waals surface area contributed by atoms with Crippen LogP contribution in [0, 0.1) is 11.8 Å². The van der Waals surface area contributed by atoms with E-state index in [1.165, 1.54) is 31.2 Å². The number of aliphatic hydroxyl groups is 3. The fourth-order valence-corrected chi connectivity index (χ4v) is 5.97. The molecule has 0 heterocycles. The molecule has 0 radical (unpaired) electrons. The second-order valence-corrected chi connectivity index (χ2v) is 15.6. The van der Waals surface area contributed by atoms with E-state index in [1.54, 1.807) is 20.8 Å². The topological polar surface area (TPSA) is 428 Å². The lowest BCUT2D eigenvalue weighted by Crippen LogP contribution is -2.64. The van der Waals surface area contributed by atoms with Crippen molar-refractivity contribution in [3.05, 3.63) is 29.8 Å². The third kappa shape index (κ3) is 18.7. The van der Waals surface area contributed by atoms with Crippen molar-refractivity contribution in [2.45, 2.75) is 134 Å². The second-order valence-electron chi connectivity index (χ2n) is 15.6. The molecule has 1 rings (SSSR count). The molecular formula is C40H63N9O16. The number of carboxylic acid groups (broad SMARTS) is 2. The third-order valence-electron chi connectivity index (χ3n) is 10.3. The van der Waals surface area contributed by atoms with Crippen LogP contribution in [0.5, 0.6) is 5.75 Å². The molecule has 65 heavy (non-hydrogen) atoms. The Hall–Kier alpha value is -6.44. The standard InChI is InChI=1S/C40H63N9O16/c1-7-17(3)29(46-33(57)23(41)14-27(42)54)36(60)43-24(15-28(55)56)34(58)45-26(16-50)35(59)48-31(19(5)51)39(63)49-32(20(6)52)38(62)47-30(18(4)8-2)37(61)44-25(40(64)65)13-21-9-11-22(53)12-10-21/h9-12,17-20,23-26,29-32,50-53H,7-8,13-16,41H2,1-6H3,(H2,42,54)(H,43,60)(H,44,61)(H,45,58)(H,46,57)(H,47,62)(H,48,59)(H,49,63)(H,55,56)(H,64,65)/t17-,18-,19+,20+,23-,24-,25-,26-,29-,30-,31-,32-/m0/s1. The molecule has 0 aliphatic rings. The Balaban J connectivity index is 3.23. The van der Waals surface area contributed by atoms with E-state index in [0.717, 1.165) is 13.8 Å². The Morgan fingerprint density at radius 1 is 0.554 bits per heavy atom. The van der Waals surface area contributed by atoms with Crippen LogP contribution >= 0.6 is 0 Å². The molecule has 0 saturated heterocycles. The summed E-state index contributed by atoms with van der Waals surface area (Å²) in [5.74, 6) is -13.3. The molecule has 1 aromatic rings. The van der Waals surface area contributed by atoms with Crippen LogP contribution < -0.4 is 48.7 Å². The molecule has 0 bridgehead atoms. The Labute approximate surface area is 374 Å². The van der Waals surface area contributed by atoms with E-state index >= 15 is 0 Å². The van der Waals surface area contributed by atoms with Gasteiger partial charge in [-0.3, -0.25) is 43.2 Å². The zero-order valence-corrected chi connectivity index (χ0v) is 36.9. The summed E-state index contributed by atoms with van der Waals surface area (Å²) in [4.78, 5) is 128. The lowest BCUT2D eigenvalue weighted by Gasteiger charge is -2.30. The summed E-state index contributed by atoms with van der Waals surface area (Å²) in [6.07, 6.45) is -4.70. The monoisotopic (exact) mass is 925 g/mol. The number of primary amides is 1. The average molecular weight is 926 g/mol. The van der Waals surface area contributed by atoms with Gasteiger partial charge in [0.05, 0.1) is 37.7 Å². The summed E-state index contributed by atoms with van der Waals surface area (Å²) in [5, 5.41) is 75.5. The van der Waals surface area contributed by atoms with Crippen molar-refractivity contribution < 1.29 is 78.6 Å². The zero-order valence-electron chi connectivity index (χ0n) is 36.9. The maximum atomic E-state index is 13.6. The molecule has 25 nitrogen and oxygen atoms in total. The highest BCUT2D eigenvalue weighted by molar-refractivity contribution is 5.99. The molecule has 8 amide bonds. The Morgan fingerprint density at radius 2 is 0.938 bits per heavy atom. The van der Waals surface area contributed by atoms with Crippen LogP contribution in [0.2, 0.25) is 0 Å². The SMILES string of the molecule is CC[C@H](C)[C@H](NC(=O)[C@@H](NC(=O)[C@@H](NC(=O)[C@H](CO)NC(=O)[C@H](CC(=O)O)NC(=O)[C@@H](NC(=O)[C@@H](N)CC(N)=O)[C@@H](C)CC)[C@@H](C)O)[C@@H](C)O)C(=O)N[C@@H](Cc1ccc(O)cc1)C(=O)O. The predicted octanol–water partition coefficient (Wildman–Crippen LogP) is -5.06. The fraction of sp³-hybridized carbons (Fsp3) is 0.600. The molecule has 0 spiro atoms. The number of carbonyl (C=O) groups excluding carboxylic acids is 8. The Morgan fingerprint density at radius 3 is 1.34 bits per heavy atom. The summed E-state index contributed by atoms with van der Waals surface area (Å²) in [5.41, 5.74) is 11.2. The first kappa shape index (κ1) is 56.6. The molecule has 0 aliphatic heterocycles. The number of hydrogen-bond donors (Lipinski definition) is 15. The number of aliphatic hydroxyl groups excluding tert-OH is 3. The zero-order chi connectivity index (χ0) is 49.9. The number of carboxylic acids is 2. The molecule has 1 aromatic carbocycles. The first-order valence-electron chi connectivity index (χ1n) is 20.6. The van der Waals surface area contributed by atoms with Gasteiger partial charge in [0.2, 0.25) is 47.3 Å². The summed E-state index contributed by atoms with van der Waals surface area (Å²) in [6.45, 7) is 7.39. The van der Waals surface area contributed by atoms with Crippen LogP contribution in [0.15, 0.2) is 24.3 Å². The van der Waals surface area contributed by atoms with E-state index in [-0.39, 0.29) is 25.0 Å². The number of amides is 8. The van der Waals surface area contributed by atoms with Gasteiger partial charge in [-0.1, -0.05) is 52.7 Å². The molecule has 0 aliphatic carbocycles. The van der Waals surface area contributed by atoms with E-state index in [0.29, 0.717) is 5.56 Å². The quantitative estimate of drug-likeness (QED) is 0.0374. The number of hydrogen-bond acceptors (Lipinski definition) is 15. The predicted molar refractivity (Wildman–Crippen MR) is 226 cm³/mol. The smallest absolute Gasteiger partial charge is 0.326 e. The van der Waals surface area contributed by atoms with Gasteiger partial charge in [-0.25, -0.2) is 4.79 Å². The number of phenolic OH excluding ortho intramolecular Hbond substituents is 1. The van der Waals surface area contributed by atoms with E-state index < -0.39 is 151 Å². The van der Waals surface area contributed by atoms with Crippen molar-refractivity contribution in [3.8, 4) is 5.75 Å². The highest BCUT2D eigenvalue weighted by Gasteiger charge is 2.38. The normalized spacial score (nSPS) is 16.6. The number of rotatable bonds is 28. The number of aliphatic carboxylic acids is 2. The molecule has 12 atom stereocenters. The summed E-state index contributed by atoms with van der Waals surface area (Å²) < 4.78 is 0. The van der Waals surface area contributed by atoms with E-state index in [1.807, 2.05) is 5.32 Å². The average Bonchev–Trinajstić information content (AvgIpc) is 3.23. The van der Waals surface area contributed by atoms with Crippen LogP contribution in [-0.2, 0) is 54.4 Å². The van der Waals surface area contributed by atoms with Crippen LogP contribution in [0.1, 0.15) is 72.8 Å². The number of benzene rings is 1. The molecular weight excluding hydrogens is 862 g/mol. The number of carbonyl (C=O) groups is 10. The van der Waals surface area contributed by atoms with Crippen molar-refractivity contribution in [2.24, 2.45) is 23.3 Å². The van der Waals surface area contributed by atoms with Crippen LogP contribution in [-0.4, -0.2) is 157 Å². The van der Waals surface area contributed by atoms with Crippen molar-refractivity contribution >= 4 is 59.2 Å². The van der Waals surface area contributed by atoms with E-state index in [4.69, 9.17) is 11.5 Å². The summed E-state index contributed by atoms with van der Waals surface area (Å²) in [6, 6.07) is -7.87. The number of aromatic hydroxyl groups is 1. The summed E-state index contributed by atoms with van der Waals surface area (Å²) in [7, 11) is 0. The van der Waals surface area contributed by atoms with Gasteiger partial charge in [0, 0.05) is 6.42 Å². The molecule has 0 saturated carbocycles. The lowest BCUT2D eigenvalue weighted by atomic mass is 9.96. The molecule has 25 heteroatoms. The van der Waals surface area contributed by atoms with Crippen LogP contribution in [0.25, 0.3) is 0 Å². The van der Waals surface area contributed by atoms with E-state index in [9.17, 15) is 78.6 Å². The molecule has 364 valence electrons. The van der Waals surface area contributed by atoms with Crippen molar-refractivity contribution in [1.82, 2.24) is 37.2 Å². The highest BCUT2D eigenvalue weighted by Crippen LogP contribution is 2.14. The first-order chi connectivity index (χ1) is 30.3. The van der Waals surface area contributed by atoms with Crippen LogP contribution in [0.4, 0.5) is 0 Å². The second kappa shape index (κ2) is 27.0. The van der Waals surface area contributed by atoms with Gasteiger partial charge in [-0.2, -0.15) is 0 Å². The largest absolute Gasteiger partial charge is 0.508 e. The van der Waals surface area contributed by atoms with Gasteiger partial charge in [0.1, 0.15) is 48.0 Å². The van der Waals surface area contributed by atoms with Gasteiger partial charge < -0.3 is 79.3 Å². The lowest BCUT2D eigenvalue weighted by molar-refractivity contribution is -0.143. The minimum absolute atomic E-state index is 0.0677.